The highest BCUT2D eigenvalue weighted by Gasteiger charge is 2.04. The molecule has 22 heavy (non-hydrogen) atoms. The zero-order valence-corrected chi connectivity index (χ0v) is 13.5. The molecule has 0 saturated carbocycles. The Labute approximate surface area is 138 Å². The van der Waals surface area contributed by atoms with E-state index in [1.165, 1.54) is 0 Å². The van der Waals surface area contributed by atoms with Gasteiger partial charge in [0.05, 0.1) is 4.47 Å². The molecular formula is C19H15BrO2. The molecule has 110 valence electrons. The van der Waals surface area contributed by atoms with Gasteiger partial charge in [-0.1, -0.05) is 48.5 Å². The summed E-state index contributed by atoms with van der Waals surface area (Å²) in [5.41, 5.74) is 3.09. The first kappa shape index (κ1) is 14.7. The van der Waals surface area contributed by atoms with Gasteiger partial charge in [-0.25, -0.2) is 0 Å². The lowest BCUT2D eigenvalue weighted by atomic mass is 10.1. The standard InChI is InChI=1S/C19H15BrO2/c20-18-10-9-16(12-19(18)21)15-7-4-8-17(11-15)22-13-14-5-2-1-3-6-14/h1-12,21H,13H2. The number of benzene rings is 3. The van der Waals surface area contributed by atoms with Gasteiger partial charge >= 0.3 is 0 Å². The second-order valence-corrected chi connectivity index (χ2v) is 5.82. The topological polar surface area (TPSA) is 29.5 Å². The smallest absolute Gasteiger partial charge is 0.130 e. The summed E-state index contributed by atoms with van der Waals surface area (Å²) in [6.07, 6.45) is 0. The van der Waals surface area contributed by atoms with Crippen molar-refractivity contribution in [2.45, 2.75) is 6.61 Å². The second-order valence-electron chi connectivity index (χ2n) is 4.97. The summed E-state index contributed by atoms with van der Waals surface area (Å²) in [6.45, 7) is 0.538. The molecule has 1 N–H and O–H groups in total. The summed E-state index contributed by atoms with van der Waals surface area (Å²) in [5.74, 6) is 1.04. The quantitative estimate of drug-likeness (QED) is 0.679. The molecule has 2 nitrogen and oxygen atoms in total. The van der Waals surface area contributed by atoms with E-state index >= 15 is 0 Å². The molecule has 3 heteroatoms. The Hall–Kier alpha value is -2.26. The molecule has 0 bridgehead atoms. The first-order chi connectivity index (χ1) is 10.7. The summed E-state index contributed by atoms with van der Waals surface area (Å²) in [7, 11) is 0. The van der Waals surface area contributed by atoms with Gasteiger partial charge in [0.2, 0.25) is 0 Å². The van der Waals surface area contributed by atoms with E-state index in [-0.39, 0.29) is 5.75 Å². The first-order valence-electron chi connectivity index (χ1n) is 6.98. The fraction of sp³-hybridized carbons (Fsp3) is 0.0526. The average molecular weight is 355 g/mol. The molecule has 0 saturated heterocycles. The van der Waals surface area contributed by atoms with Gasteiger partial charge in [0.25, 0.3) is 0 Å². The van der Waals surface area contributed by atoms with Crippen molar-refractivity contribution in [2.75, 3.05) is 0 Å². The Bertz CT molecular complexity index is 769. The van der Waals surface area contributed by atoms with Crippen LogP contribution in [0.15, 0.2) is 77.3 Å². The number of hydrogen-bond acceptors (Lipinski definition) is 2. The number of phenols is 1. The van der Waals surface area contributed by atoms with Gasteiger partial charge in [-0.05, 0) is 56.9 Å². The Morgan fingerprint density at radius 2 is 1.59 bits per heavy atom. The Morgan fingerprint density at radius 1 is 0.818 bits per heavy atom. The van der Waals surface area contributed by atoms with E-state index in [0.29, 0.717) is 11.1 Å². The third-order valence-electron chi connectivity index (χ3n) is 3.36. The Kier molecular flexibility index (Phi) is 4.45. The lowest BCUT2D eigenvalue weighted by Gasteiger charge is -2.09. The van der Waals surface area contributed by atoms with Gasteiger partial charge in [0.1, 0.15) is 18.1 Å². The van der Waals surface area contributed by atoms with Crippen LogP contribution in [-0.2, 0) is 6.61 Å². The van der Waals surface area contributed by atoms with Crippen LogP contribution in [0.3, 0.4) is 0 Å². The van der Waals surface area contributed by atoms with Crippen LogP contribution >= 0.6 is 15.9 Å². The molecule has 0 spiro atoms. The number of rotatable bonds is 4. The number of hydrogen-bond donors (Lipinski definition) is 1. The van der Waals surface area contributed by atoms with Crippen molar-refractivity contribution in [2.24, 2.45) is 0 Å². The number of phenolic OH excluding ortho intramolecular Hbond substituents is 1. The molecule has 0 aliphatic heterocycles. The van der Waals surface area contributed by atoms with Crippen LogP contribution in [0, 0.1) is 0 Å². The number of ether oxygens (including phenoxy) is 1. The molecule has 0 aromatic heterocycles. The van der Waals surface area contributed by atoms with Crippen molar-refractivity contribution in [1.29, 1.82) is 0 Å². The summed E-state index contributed by atoms with van der Waals surface area (Å²) in [6, 6.07) is 23.5. The lowest BCUT2D eigenvalue weighted by molar-refractivity contribution is 0.306. The lowest BCUT2D eigenvalue weighted by Crippen LogP contribution is -1.94. The second kappa shape index (κ2) is 6.67. The monoisotopic (exact) mass is 354 g/mol. The largest absolute Gasteiger partial charge is 0.507 e. The van der Waals surface area contributed by atoms with Crippen molar-refractivity contribution < 1.29 is 9.84 Å². The normalized spacial score (nSPS) is 10.4. The Balaban J connectivity index is 1.79. The van der Waals surface area contributed by atoms with Gasteiger partial charge in [-0.2, -0.15) is 0 Å². The molecule has 3 aromatic rings. The molecular weight excluding hydrogens is 340 g/mol. The minimum atomic E-state index is 0.230. The third kappa shape index (κ3) is 3.49. The van der Waals surface area contributed by atoms with Gasteiger partial charge in [0, 0.05) is 0 Å². The molecule has 0 radical (unpaired) electrons. The van der Waals surface area contributed by atoms with E-state index in [0.717, 1.165) is 22.4 Å². The molecule has 0 unspecified atom stereocenters. The maximum atomic E-state index is 9.80. The van der Waals surface area contributed by atoms with Crippen molar-refractivity contribution in [3.05, 3.63) is 82.8 Å². The maximum absolute atomic E-state index is 9.80. The molecule has 0 aliphatic carbocycles. The maximum Gasteiger partial charge on any atom is 0.130 e. The first-order valence-corrected chi connectivity index (χ1v) is 7.77. The highest BCUT2D eigenvalue weighted by molar-refractivity contribution is 9.10. The highest BCUT2D eigenvalue weighted by atomic mass is 79.9. The third-order valence-corrected chi connectivity index (χ3v) is 4.03. The minimum Gasteiger partial charge on any atom is -0.507 e. The van der Waals surface area contributed by atoms with Crippen LogP contribution in [0.5, 0.6) is 11.5 Å². The fourth-order valence-corrected chi connectivity index (χ4v) is 2.45. The fourth-order valence-electron chi connectivity index (χ4n) is 2.20. The predicted octanol–water partition coefficient (Wildman–Crippen LogP) is 5.40. The van der Waals surface area contributed by atoms with E-state index < -0.39 is 0 Å². The zero-order valence-electron chi connectivity index (χ0n) is 11.9. The molecule has 0 fully saturated rings. The van der Waals surface area contributed by atoms with E-state index in [1.807, 2.05) is 66.7 Å². The predicted molar refractivity (Wildman–Crippen MR) is 92.0 cm³/mol. The molecule has 0 aliphatic rings. The van der Waals surface area contributed by atoms with Crippen LogP contribution in [0.4, 0.5) is 0 Å². The molecule has 0 amide bonds. The van der Waals surface area contributed by atoms with Crippen molar-refractivity contribution in [3.8, 4) is 22.6 Å². The molecule has 3 rings (SSSR count). The van der Waals surface area contributed by atoms with Crippen molar-refractivity contribution >= 4 is 15.9 Å². The van der Waals surface area contributed by atoms with Gasteiger partial charge in [-0.3, -0.25) is 0 Å². The SMILES string of the molecule is Oc1cc(-c2cccc(OCc3ccccc3)c2)ccc1Br. The van der Waals surface area contributed by atoms with Crippen molar-refractivity contribution in [3.63, 3.8) is 0 Å². The summed E-state index contributed by atoms with van der Waals surface area (Å²) < 4.78 is 6.52. The van der Waals surface area contributed by atoms with Crippen LogP contribution < -0.4 is 4.74 Å². The number of aromatic hydroxyl groups is 1. The van der Waals surface area contributed by atoms with Crippen LogP contribution in [0.25, 0.3) is 11.1 Å². The van der Waals surface area contributed by atoms with Gasteiger partial charge < -0.3 is 9.84 Å². The van der Waals surface area contributed by atoms with Crippen molar-refractivity contribution in [1.82, 2.24) is 0 Å². The minimum absolute atomic E-state index is 0.230. The van der Waals surface area contributed by atoms with Crippen LogP contribution in [0.1, 0.15) is 5.56 Å². The Morgan fingerprint density at radius 3 is 2.36 bits per heavy atom. The number of halogens is 1. The zero-order chi connectivity index (χ0) is 15.4. The molecule has 0 heterocycles. The average Bonchev–Trinajstić information content (AvgIpc) is 2.57. The summed E-state index contributed by atoms with van der Waals surface area (Å²) in [5, 5.41) is 9.80. The van der Waals surface area contributed by atoms with Gasteiger partial charge in [-0.15, -0.1) is 0 Å². The van der Waals surface area contributed by atoms with E-state index in [1.54, 1.807) is 6.07 Å². The molecule has 3 aromatic carbocycles. The summed E-state index contributed by atoms with van der Waals surface area (Å²) >= 11 is 3.29. The summed E-state index contributed by atoms with van der Waals surface area (Å²) in [4.78, 5) is 0. The molecule has 0 atom stereocenters. The van der Waals surface area contributed by atoms with E-state index in [9.17, 15) is 5.11 Å². The van der Waals surface area contributed by atoms with Crippen LogP contribution in [-0.4, -0.2) is 5.11 Å². The van der Waals surface area contributed by atoms with Crippen LogP contribution in [0.2, 0.25) is 0 Å². The highest BCUT2D eigenvalue weighted by Crippen LogP contribution is 2.31. The van der Waals surface area contributed by atoms with E-state index in [4.69, 9.17) is 4.74 Å². The van der Waals surface area contributed by atoms with E-state index in [2.05, 4.69) is 15.9 Å². The van der Waals surface area contributed by atoms with Gasteiger partial charge in [0.15, 0.2) is 0 Å².